The molecule has 1 N–H and O–H groups in total. The molecular weight excluding hydrogens is 380 g/mol. The Morgan fingerprint density at radius 3 is 2.66 bits per heavy atom. The minimum Gasteiger partial charge on any atom is -0.326 e. The van der Waals surface area contributed by atoms with Crippen molar-refractivity contribution in [1.29, 1.82) is 0 Å². The Balaban J connectivity index is 1.71. The zero-order valence-electron chi connectivity index (χ0n) is 18.2. The first kappa shape index (κ1) is 21.2. The van der Waals surface area contributed by atoms with Gasteiger partial charge >= 0.3 is 0 Å². The third kappa shape index (κ3) is 5.12. The van der Waals surface area contributed by atoms with Crippen LogP contribution < -0.4 is 5.32 Å². The Hall–Kier alpha value is -2.47. The zero-order chi connectivity index (χ0) is 21.1. The van der Waals surface area contributed by atoms with Crippen LogP contribution in [0.1, 0.15) is 54.0 Å². The van der Waals surface area contributed by atoms with Gasteiger partial charge < -0.3 is 5.32 Å². The molecule has 6 heteroatoms. The number of nitrogens with one attached hydrogen (secondary N) is 1. The number of hydrogen-bond donors (Lipinski definition) is 1. The first-order valence-corrected chi connectivity index (χ1v) is 11.0. The highest BCUT2D eigenvalue weighted by Gasteiger charge is 2.16. The molecule has 0 bridgehead atoms. The fourth-order valence-corrected chi connectivity index (χ4v) is 4.27. The summed E-state index contributed by atoms with van der Waals surface area (Å²) in [5.41, 5.74) is 7.38. The number of amides is 1. The maximum Gasteiger partial charge on any atom is 0.230 e. The molecule has 3 rings (SSSR count). The van der Waals surface area contributed by atoms with Crippen LogP contribution in [0.25, 0.3) is 5.13 Å². The molecule has 0 aliphatic rings. The average Bonchev–Trinajstić information content (AvgIpc) is 3.20. The molecule has 0 aliphatic heterocycles. The number of benzene rings is 1. The van der Waals surface area contributed by atoms with Crippen molar-refractivity contribution in [2.75, 3.05) is 5.32 Å². The van der Waals surface area contributed by atoms with Crippen LogP contribution in [0.15, 0.2) is 23.6 Å². The van der Waals surface area contributed by atoms with Crippen molar-refractivity contribution in [1.82, 2.24) is 14.8 Å². The van der Waals surface area contributed by atoms with E-state index in [4.69, 9.17) is 5.10 Å². The van der Waals surface area contributed by atoms with Gasteiger partial charge in [0.15, 0.2) is 0 Å². The van der Waals surface area contributed by atoms with Crippen LogP contribution in [-0.2, 0) is 17.6 Å². The quantitative estimate of drug-likeness (QED) is 0.572. The van der Waals surface area contributed by atoms with E-state index < -0.39 is 0 Å². The summed E-state index contributed by atoms with van der Waals surface area (Å²) in [7, 11) is 0. The van der Waals surface area contributed by atoms with E-state index in [9.17, 15) is 4.79 Å². The molecule has 0 saturated heterocycles. The standard InChI is InChI=1S/C23H30N4OS/c1-14(2)7-9-20-17(5)26-27(18(20)6)23-24-19(13-29-23)12-22(28)25-21-10-8-15(3)11-16(21)4/h8,10-11,13-14H,7,9,12H2,1-6H3,(H,25,28). The van der Waals surface area contributed by atoms with Crippen LogP contribution in [0.3, 0.4) is 0 Å². The maximum atomic E-state index is 12.5. The minimum absolute atomic E-state index is 0.0557. The molecule has 0 saturated carbocycles. The molecule has 0 radical (unpaired) electrons. The average molecular weight is 411 g/mol. The first-order valence-electron chi connectivity index (χ1n) is 10.1. The Kier molecular flexibility index (Phi) is 6.52. The van der Waals surface area contributed by atoms with Crippen molar-refractivity contribution >= 4 is 22.9 Å². The molecule has 1 aromatic carbocycles. The van der Waals surface area contributed by atoms with Gasteiger partial charge in [0.25, 0.3) is 0 Å². The molecule has 5 nitrogen and oxygen atoms in total. The van der Waals surface area contributed by atoms with Gasteiger partial charge in [-0.3, -0.25) is 4.79 Å². The van der Waals surface area contributed by atoms with E-state index in [0.29, 0.717) is 5.92 Å². The van der Waals surface area contributed by atoms with Crippen molar-refractivity contribution in [2.24, 2.45) is 5.92 Å². The van der Waals surface area contributed by atoms with E-state index in [1.165, 1.54) is 22.5 Å². The molecule has 2 heterocycles. The number of rotatable bonds is 7. The van der Waals surface area contributed by atoms with Crippen LogP contribution in [-0.4, -0.2) is 20.7 Å². The molecule has 2 aromatic heterocycles. The molecule has 0 spiro atoms. The summed E-state index contributed by atoms with van der Waals surface area (Å²) in [6.45, 7) is 12.7. The third-order valence-corrected chi connectivity index (χ3v) is 6.00. The summed E-state index contributed by atoms with van der Waals surface area (Å²) in [5, 5.41) is 10.5. The van der Waals surface area contributed by atoms with Gasteiger partial charge in [-0.05, 0) is 63.6 Å². The lowest BCUT2D eigenvalue weighted by atomic mass is 10.0. The highest BCUT2D eigenvalue weighted by Crippen LogP contribution is 2.23. The molecule has 0 fully saturated rings. The normalized spacial score (nSPS) is 11.3. The molecule has 3 aromatic rings. The van der Waals surface area contributed by atoms with Crippen LogP contribution in [0.2, 0.25) is 0 Å². The fourth-order valence-electron chi connectivity index (χ4n) is 3.44. The van der Waals surface area contributed by atoms with E-state index in [0.717, 1.165) is 46.3 Å². The molecular formula is C23H30N4OS. The second kappa shape index (κ2) is 8.91. The van der Waals surface area contributed by atoms with Gasteiger partial charge in [0.05, 0.1) is 17.8 Å². The highest BCUT2D eigenvalue weighted by atomic mass is 32.1. The Morgan fingerprint density at radius 2 is 1.97 bits per heavy atom. The lowest BCUT2D eigenvalue weighted by molar-refractivity contribution is -0.115. The maximum absolute atomic E-state index is 12.5. The topological polar surface area (TPSA) is 59.8 Å². The lowest BCUT2D eigenvalue weighted by Gasteiger charge is -2.08. The number of anilines is 1. The van der Waals surface area contributed by atoms with Crippen molar-refractivity contribution in [3.05, 3.63) is 57.4 Å². The molecule has 0 aliphatic carbocycles. The number of thiazole rings is 1. The number of aryl methyl sites for hydroxylation is 3. The Labute approximate surface area is 177 Å². The van der Waals surface area contributed by atoms with Crippen molar-refractivity contribution in [3.63, 3.8) is 0 Å². The summed E-state index contributed by atoms with van der Waals surface area (Å²) in [5.74, 6) is 0.610. The molecule has 154 valence electrons. The molecule has 0 unspecified atom stereocenters. The summed E-state index contributed by atoms with van der Waals surface area (Å²) >= 11 is 1.53. The van der Waals surface area contributed by atoms with Crippen LogP contribution in [0, 0.1) is 33.6 Å². The Bertz CT molecular complexity index is 1020. The molecule has 0 atom stereocenters. The molecule has 1 amide bonds. The molecule has 29 heavy (non-hydrogen) atoms. The summed E-state index contributed by atoms with van der Waals surface area (Å²) < 4.78 is 1.92. The van der Waals surface area contributed by atoms with Gasteiger partial charge in [-0.25, -0.2) is 9.67 Å². The van der Waals surface area contributed by atoms with Gasteiger partial charge in [0, 0.05) is 16.8 Å². The van der Waals surface area contributed by atoms with Gasteiger partial charge in [-0.2, -0.15) is 5.10 Å². The van der Waals surface area contributed by atoms with Gasteiger partial charge in [0.1, 0.15) is 0 Å². The Morgan fingerprint density at radius 1 is 1.21 bits per heavy atom. The predicted octanol–water partition coefficient (Wildman–Crippen LogP) is 5.33. The monoisotopic (exact) mass is 410 g/mol. The van der Waals surface area contributed by atoms with E-state index in [2.05, 4.69) is 44.1 Å². The predicted molar refractivity (Wildman–Crippen MR) is 120 cm³/mol. The third-order valence-electron chi connectivity index (χ3n) is 5.13. The minimum atomic E-state index is -0.0557. The number of nitrogens with zero attached hydrogens (tertiary/aromatic N) is 3. The summed E-state index contributed by atoms with van der Waals surface area (Å²) in [6.07, 6.45) is 2.43. The second-order valence-corrected chi connectivity index (χ2v) is 8.99. The summed E-state index contributed by atoms with van der Waals surface area (Å²) in [6, 6.07) is 6.02. The van der Waals surface area contributed by atoms with Gasteiger partial charge in [-0.1, -0.05) is 31.5 Å². The number of hydrogen-bond acceptors (Lipinski definition) is 4. The number of aromatic nitrogens is 3. The smallest absolute Gasteiger partial charge is 0.230 e. The zero-order valence-corrected chi connectivity index (χ0v) is 19.0. The summed E-state index contributed by atoms with van der Waals surface area (Å²) in [4.78, 5) is 17.1. The van der Waals surface area contributed by atoms with Gasteiger partial charge in [-0.15, -0.1) is 11.3 Å². The SMILES string of the molecule is Cc1ccc(NC(=O)Cc2csc(-n3nc(C)c(CCC(C)C)c3C)n2)c(C)c1. The van der Waals surface area contributed by atoms with Crippen molar-refractivity contribution in [2.45, 2.75) is 60.8 Å². The van der Waals surface area contributed by atoms with Crippen LogP contribution >= 0.6 is 11.3 Å². The number of carbonyl (C=O) groups excluding carboxylic acids is 1. The van der Waals surface area contributed by atoms with E-state index in [1.807, 2.05) is 36.0 Å². The first-order chi connectivity index (χ1) is 13.7. The number of carbonyl (C=O) groups is 1. The van der Waals surface area contributed by atoms with E-state index in [1.54, 1.807) is 0 Å². The van der Waals surface area contributed by atoms with E-state index in [-0.39, 0.29) is 12.3 Å². The van der Waals surface area contributed by atoms with Crippen molar-refractivity contribution in [3.8, 4) is 5.13 Å². The largest absolute Gasteiger partial charge is 0.326 e. The van der Waals surface area contributed by atoms with Crippen molar-refractivity contribution < 1.29 is 4.79 Å². The lowest BCUT2D eigenvalue weighted by Crippen LogP contribution is -2.15. The van der Waals surface area contributed by atoms with Crippen LogP contribution in [0.5, 0.6) is 0 Å². The van der Waals surface area contributed by atoms with Crippen LogP contribution in [0.4, 0.5) is 5.69 Å². The highest BCUT2D eigenvalue weighted by molar-refractivity contribution is 7.12. The van der Waals surface area contributed by atoms with Gasteiger partial charge in [0.2, 0.25) is 11.0 Å². The fraction of sp³-hybridized carbons (Fsp3) is 0.435. The van der Waals surface area contributed by atoms with E-state index >= 15 is 0 Å². The second-order valence-electron chi connectivity index (χ2n) is 8.16.